The third kappa shape index (κ3) is 6.23. The molecule has 1 nitrogen and oxygen atoms in total. The van der Waals surface area contributed by atoms with Crippen molar-refractivity contribution < 1.29 is 21.8 Å². The van der Waals surface area contributed by atoms with Crippen LogP contribution in [0.15, 0.2) is 91.0 Å². The quantitative estimate of drug-likeness (QED) is 0.110. The van der Waals surface area contributed by atoms with Crippen LogP contribution in [-0.4, -0.2) is 7.25 Å². The van der Waals surface area contributed by atoms with Crippen molar-refractivity contribution in [2.24, 2.45) is 0 Å². The minimum atomic E-state index is -6.00. The lowest BCUT2D eigenvalue weighted by atomic mass is 9.83. The molecule has 1 aliphatic carbocycles. The lowest BCUT2D eigenvalue weighted by Crippen LogP contribution is -2.41. The average Bonchev–Trinajstić information content (AvgIpc) is 2.88. The molecule has 0 fully saturated rings. The average molecular weight is 491 g/mol. The number of unbranched alkanes of at least 4 members (excludes halogenated alkanes) is 2. The molecule has 36 heavy (non-hydrogen) atoms. The predicted molar refractivity (Wildman–Crippen MR) is 140 cm³/mol. The van der Waals surface area contributed by atoms with Crippen LogP contribution in [-0.2, 0) is 19.4 Å². The van der Waals surface area contributed by atoms with Gasteiger partial charge in [-0.3, -0.25) is 0 Å². The highest BCUT2D eigenvalue weighted by molar-refractivity contribution is 6.50. The van der Waals surface area contributed by atoms with E-state index < -0.39 is 7.25 Å². The summed E-state index contributed by atoms with van der Waals surface area (Å²) < 4.78 is 41.6. The second-order valence-corrected chi connectivity index (χ2v) is 9.01. The van der Waals surface area contributed by atoms with Crippen LogP contribution >= 0.6 is 0 Å². The first-order valence-corrected chi connectivity index (χ1v) is 12.5. The van der Waals surface area contributed by atoms with E-state index in [0.717, 1.165) is 19.4 Å². The lowest BCUT2D eigenvalue weighted by molar-refractivity contribution is -0.676. The Hall–Kier alpha value is -3.41. The van der Waals surface area contributed by atoms with Crippen molar-refractivity contribution in [1.82, 2.24) is 0 Å². The monoisotopic (exact) mass is 491 g/mol. The van der Waals surface area contributed by atoms with E-state index in [-0.39, 0.29) is 0 Å². The van der Waals surface area contributed by atoms with Gasteiger partial charge in [0.05, 0.1) is 0 Å². The number of hydrogen-bond donors (Lipinski definition) is 0. The van der Waals surface area contributed by atoms with Gasteiger partial charge in [-0.15, -0.1) is 0 Å². The van der Waals surface area contributed by atoms with Crippen molar-refractivity contribution in [2.45, 2.75) is 45.6 Å². The Labute approximate surface area is 210 Å². The van der Waals surface area contributed by atoms with E-state index in [1.807, 2.05) is 0 Å². The number of hydrogen-bond acceptors (Lipinski definition) is 0. The van der Waals surface area contributed by atoms with Gasteiger partial charge < -0.3 is 17.3 Å². The zero-order chi connectivity index (χ0) is 25.5. The van der Waals surface area contributed by atoms with E-state index in [1.54, 1.807) is 0 Å². The first-order valence-electron chi connectivity index (χ1n) is 12.5. The van der Waals surface area contributed by atoms with Gasteiger partial charge >= 0.3 is 7.25 Å². The van der Waals surface area contributed by atoms with Crippen LogP contribution in [0.4, 0.5) is 17.3 Å². The van der Waals surface area contributed by atoms with E-state index >= 15 is 0 Å². The normalized spacial score (nSPS) is 12.2. The summed E-state index contributed by atoms with van der Waals surface area (Å²) in [5, 5.41) is 0. The van der Waals surface area contributed by atoms with Crippen molar-refractivity contribution in [3.63, 3.8) is 0 Å². The second-order valence-electron chi connectivity index (χ2n) is 9.01. The smallest absolute Gasteiger partial charge is 0.418 e. The third-order valence-electron chi connectivity index (χ3n) is 6.51. The van der Waals surface area contributed by atoms with E-state index in [2.05, 4.69) is 102 Å². The zero-order valence-electron chi connectivity index (χ0n) is 20.4. The van der Waals surface area contributed by atoms with E-state index in [9.17, 15) is 17.3 Å². The summed E-state index contributed by atoms with van der Waals surface area (Å²) in [4.78, 5) is 0. The molecule has 3 aromatic carbocycles. The van der Waals surface area contributed by atoms with Crippen molar-refractivity contribution >= 4 is 7.25 Å². The fourth-order valence-electron chi connectivity index (χ4n) is 4.98. The van der Waals surface area contributed by atoms with Gasteiger partial charge in [-0.2, -0.15) is 4.57 Å². The number of halogens is 4. The maximum absolute atomic E-state index is 9.75. The van der Waals surface area contributed by atoms with E-state index in [1.165, 1.54) is 64.0 Å². The Bertz CT molecular complexity index is 1280. The molecule has 6 heteroatoms. The Morgan fingerprint density at radius 1 is 0.694 bits per heavy atom. The number of pyridine rings is 1. The predicted octanol–water partition coefficient (Wildman–Crippen LogP) is 8.56. The molecule has 4 aromatic rings. The third-order valence-corrected chi connectivity index (χ3v) is 6.51. The van der Waals surface area contributed by atoms with Gasteiger partial charge in [0, 0.05) is 29.2 Å². The lowest BCUT2D eigenvalue weighted by Gasteiger charge is -2.23. The molecular formula is C30H30BF4N. The van der Waals surface area contributed by atoms with Crippen LogP contribution < -0.4 is 4.57 Å². The highest BCUT2D eigenvalue weighted by atomic mass is 19.5. The van der Waals surface area contributed by atoms with Gasteiger partial charge in [0.25, 0.3) is 0 Å². The molecule has 1 heterocycles. The number of benzene rings is 3. The van der Waals surface area contributed by atoms with Crippen LogP contribution in [0.2, 0.25) is 0 Å². The summed E-state index contributed by atoms with van der Waals surface area (Å²) in [6.45, 7) is 3.34. The molecule has 5 rings (SSSR count). The molecule has 0 saturated carbocycles. The van der Waals surface area contributed by atoms with Gasteiger partial charge in [0.1, 0.15) is 6.54 Å². The molecule has 0 saturated heterocycles. The van der Waals surface area contributed by atoms with Crippen LogP contribution in [0.1, 0.15) is 37.3 Å². The number of fused-ring (bicyclic) bond motifs is 3. The Balaban J connectivity index is 0.000000556. The SMILES string of the molecule is CCCCC[n+]1c(-c2ccccc2)cc(-c2ccccc2)c2c1-c1ccccc1CC2.F[B-](F)(F)F. The number of rotatable bonds is 6. The summed E-state index contributed by atoms with van der Waals surface area (Å²) >= 11 is 0. The van der Waals surface area contributed by atoms with Crippen LogP contribution in [0.3, 0.4) is 0 Å². The molecule has 0 radical (unpaired) electrons. The topological polar surface area (TPSA) is 3.88 Å². The first-order chi connectivity index (χ1) is 17.4. The van der Waals surface area contributed by atoms with Crippen molar-refractivity contribution in [3.05, 3.63) is 102 Å². The maximum atomic E-state index is 9.75. The van der Waals surface area contributed by atoms with Crippen molar-refractivity contribution in [1.29, 1.82) is 0 Å². The highest BCUT2D eigenvalue weighted by Crippen LogP contribution is 2.39. The Morgan fingerprint density at radius 2 is 1.28 bits per heavy atom. The molecule has 186 valence electrons. The van der Waals surface area contributed by atoms with Crippen LogP contribution in [0.5, 0.6) is 0 Å². The maximum Gasteiger partial charge on any atom is 0.673 e. The molecule has 0 bridgehead atoms. The molecule has 0 unspecified atom stereocenters. The Morgan fingerprint density at radius 3 is 1.92 bits per heavy atom. The van der Waals surface area contributed by atoms with Crippen LogP contribution in [0.25, 0.3) is 33.6 Å². The molecule has 0 N–H and O–H groups in total. The zero-order valence-corrected chi connectivity index (χ0v) is 20.4. The van der Waals surface area contributed by atoms with E-state index in [0.29, 0.717) is 0 Å². The van der Waals surface area contributed by atoms with Gasteiger partial charge in [-0.25, -0.2) is 0 Å². The van der Waals surface area contributed by atoms with E-state index in [4.69, 9.17) is 0 Å². The summed E-state index contributed by atoms with van der Waals surface area (Å²) in [6, 6.07) is 33.3. The summed E-state index contributed by atoms with van der Waals surface area (Å²) in [6.07, 6.45) is 5.92. The minimum Gasteiger partial charge on any atom is -0.418 e. The van der Waals surface area contributed by atoms with Gasteiger partial charge in [0.15, 0.2) is 0 Å². The molecule has 1 aliphatic rings. The fourth-order valence-corrected chi connectivity index (χ4v) is 4.98. The number of aromatic nitrogens is 1. The molecule has 1 aromatic heterocycles. The minimum absolute atomic E-state index is 1.06. The fraction of sp³-hybridized carbons (Fsp3) is 0.233. The largest absolute Gasteiger partial charge is 0.673 e. The Kier molecular flexibility index (Phi) is 8.24. The second kappa shape index (κ2) is 11.6. The highest BCUT2D eigenvalue weighted by Gasteiger charge is 2.31. The molecule has 0 spiro atoms. The molecule has 0 amide bonds. The summed E-state index contributed by atoms with van der Waals surface area (Å²) in [5.41, 5.74) is 11.1. The molecule has 0 atom stereocenters. The van der Waals surface area contributed by atoms with Crippen LogP contribution in [0, 0.1) is 0 Å². The molecular weight excluding hydrogens is 461 g/mol. The van der Waals surface area contributed by atoms with Gasteiger partial charge in [-0.05, 0) is 54.2 Å². The standard InChI is InChI=1S/C30H30N.BF4/c1-2-3-12-21-31-29(25-16-8-5-9-17-25)22-28(23-13-6-4-7-14-23)27-20-19-24-15-10-11-18-26(24)30(27)31;2-1(3,4)5/h4-11,13-18,22H,2-3,12,19-21H2,1H3;/q+1;-1. The van der Waals surface area contributed by atoms with Crippen molar-refractivity contribution in [3.8, 4) is 33.6 Å². The first kappa shape index (κ1) is 25.7. The number of aryl methyl sites for hydroxylation is 1. The summed E-state index contributed by atoms with van der Waals surface area (Å²) in [7, 11) is -6.00. The molecule has 0 aliphatic heterocycles. The van der Waals surface area contributed by atoms with Gasteiger partial charge in [-0.1, -0.05) is 80.1 Å². The number of nitrogens with zero attached hydrogens (tertiary/aromatic N) is 1. The van der Waals surface area contributed by atoms with Crippen molar-refractivity contribution in [2.75, 3.05) is 0 Å². The summed E-state index contributed by atoms with van der Waals surface area (Å²) in [5.74, 6) is 0. The van der Waals surface area contributed by atoms with Gasteiger partial charge in [0.2, 0.25) is 11.4 Å².